The summed E-state index contributed by atoms with van der Waals surface area (Å²) in [5.41, 5.74) is 2.13. The molecule has 23 heavy (non-hydrogen) atoms. The van der Waals surface area contributed by atoms with Gasteiger partial charge in [-0.2, -0.15) is 0 Å². The number of aromatic nitrogens is 1. The van der Waals surface area contributed by atoms with Crippen LogP contribution in [0.3, 0.4) is 0 Å². The predicted molar refractivity (Wildman–Crippen MR) is 94.6 cm³/mol. The monoisotopic (exact) mass is 348 g/mol. The van der Waals surface area contributed by atoms with Crippen molar-refractivity contribution in [2.75, 3.05) is 18.4 Å². The minimum absolute atomic E-state index is 0.344. The van der Waals surface area contributed by atoms with Gasteiger partial charge in [0.1, 0.15) is 11.4 Å². The van der Waals surface area contributed by atoms with Crippen molar-refractivity contribution < 1.29 is 14.3 Å². The number of H-pyrrole nitrogens is 1. The van der Waals surface area contributed by atoms with Crippen LogP contribution >= 0.6 is 23.3 Å². The number of carbonyl (C=O) groups excluding carboxylic acids is 1. The average Bonchev–Trinajstić information content (AvgIpc) is 3.21. The molecule has 0 fully saturated rings. The van der Waals surface area contributed by atoms with Gasteiger partial charge in [0.05, 0.1) is 29.1 Å². The van der Waals surface area contributed by atoms with E-state index in [1.54, 1.807) is 31.4 Å². The molecule has 0 saturated heterocycles. The highest BCUT2D eigenvalue weighted by molar-refractivity contribution is 8.02. The first kappa shape index (κ1) is 15.8. The highest BCUT2D eigenvalue weighted by Crippen LogP contribution is 2.33. The molecule has 0 aliphatic carbocycles. The SMILES string of the molecule is CCOC(=O)c1cc2cc(OC)cc(NSc3cccs3)c2[nH]1. The minimum Gasteiger partial charge on any atom is -0.497 e. The quantitative estimate of drug-likeness (QED) is 0.506. The molecule has 0 spiro atoms. The fourth-order valence-corrected chi connectivity index (χ4v) is 3.61. The average molecular weight is 348 g/mol. The Bertz CT molecular complexity index is 812. The van der Waals surface area contributed by atoms with Gasteiger partial charge in [-0.25, -0.2) is 4.79 Å². The molecular weight excluding hydrogens is 332 g/mol. The molecule has 2 N–H and O–H groups in total. The number of benzene rings is 1. The Hall–Kier alpha value is -2.12. The van der Waals surface area contributed by atoms with Gasteiger partial charge in [0.15, 0.2) is 0 Å². The molecule has 0 aliphatic heterocycles. The van der Waals surface area contributed by atoms with Gasteiger partial charge in [0.25, 0.3) is 0 Å². The number of ether oxygens (including phenoxy) is 2. The van der Waals surface area contributed by atoms with E-state index in [9.17, 15) is 4.79 Å². The van der Waals surface area contributed by atoms with Crippen molar-refractivity contribution >= 4 is 45.8 Å². The summed E-state index contributed by atoms with van der Waals surface area (Å²) in [4.78, 5) is 15.0. The lowest BCUT2D eigenvalue weighted by atomic mass is 10.2. The van der Waals surface area contributed by atoms with Crippen molar-refractivity contribution in [2.45, 2.75) is 11.1 Å². The molecule has 0 unspecified atom stereocenters. The second-order valence-corrected chi connectivity index (χ2v) is 6.73. The Morgan fingerprint density at radius 1 is 1.39 bits per heavy atom. The van der Waals surface area contributed by atoms with Gasteiger partial charge >= 0.3 is 5.97 Å². The zero-order valence-electron chi connectivity index (χ0n) is 12.7. The van der Waals surface area contributed by atoms with Crippen LogP contribution < -0.4 is 9.46 Å². The van der Waals surface area contributed by atoms with Gasteiger partial charge in [0.2, 0.25) is 0 Å². The number of hydrogen-bond acceptors (Lipinski definition) is 6. The molecular formula is C16H16N2O3S2. The van der Waals surface area contributed by atoms with E-state index in [0.717, 1.165) is 26.5 Å². The van der Waals surface area contributed by atoms with Gasteiger partial charge in [-0.05, 0) is 42.5 Å². The normalized spacial score (nSPS) is 10.7. The molecule has 2 heterocycles. The van der Waals surface area contributed by atoms with E-state index < -0.39 is 0 Å². The smallest absolute Gasteiger partial charge is 0.354 e. The molecule has 5 nitrogen and oxygen atoms in total. The molecule has 3 aromatic rings. The predicted octanol–water partition coefficient (Wildman–Crippen LogP) is 4.53. The lowest BCUT2D eigenvalue weighted by Gasteiger charge is -2.08. The first-order chi connectivity index (χ1) is 11.2. The van der Waals surface area contributed by atoms with Crippen LogP contribution in [-0.4, -0.2) is 24.7 Å². The van der Waals surface area contributed by atoms with E-state index in [1.165, 1.54) is 11.9 Å². The van der Waals surface area contributed by atoms with E-state index in [-0.39, 0.29) is 5.97 Å². The van der Waals surface area contributed by atoms with Gasteiger partial charge in [-0.3, -0.25) is 0 Å². The van der Waals surface area contributed by atoms with E-state index in [0.29, 0.717) is 12.3 Å². The van der Waals surface area contributed by atoms with Crippen molar-refractivity contribution in [1.29, 1.82) is 0 Å². The number of methoxy groups -OCH3 is 1. The van der Waals surface area contributed by atoms with Crippen LogP contribution in [0.1, 0.15) is 17.4 Å². The first-order valence-corrected chi connectivity index (χ1v) is 8.75. The number of hydrogen-bond donors (Lipinski definition) is 2. The number of anilines is 1. The lowest BCUT2D eigenvalue weighted by molar-refractivity contribution is 0.0520. The van der Waals surface area contributed by atoms with Crippen molar-refractivity contribution in [2.24, 2.45) is 0 Å². The minimum atomic E-state index is -0.362. The van der Waals surface area contributed by atoms with Gasteiger partial charge in [-0.15, -0.1) is 11.3 Å². The Balaban J connectivity index is 1.95. The number of nitrogens with one attached hydrogen (secondary N) is 2. The van der Waals surface area contributed by atoms with Gasteiger partial charge in [0, 0.05) is 11.5 Å². The fourth-order valence-electron chi connectivity index (χ4n) is 2.16. The van der Waals surface area contributed by atoms with Crippen molar-refractivity contribution in [3.8, 4) is 5.75 Å². The number of rotatable bonds is 6. The standard InChI is InChI=1S/C16H16N2O3S2/c1-3-21-16(19)13-8-10-7-11(20-2)9-12(15(10)17-13)18-23-14-5-4-6-22-14/h4-9,17-18H,3H2,1-2H3. The number of thiophene rings is 1. The maximum atomic E-state index is 11.9. The Morgan fingerprint density at radius 2 is 2.26 bits per heavy atom. The number of fused-ring (bicyclic) bond motifs is 1. The highest BCUT2D eigenvalue weighted by Gasteiger charge is 2.14. The third-order valence-electron chi connectivity index (χ3n) is 3.19. The van der Waals surface area contributed by atoms with E-state index in [4.69, 9.17) is 9.47 Å². The Kier molecular flexibility index (Phi) is 4.78. The summed E-state index contributed by atoms with van der Waals surface area (Å²) in [6.07, 6.45) is 0. The number of aromatic amines is 1. The van der Waals surface area contributed by atoms with E-state index in [1.807, 2.05) is 29.6 Å². The van der Waals surface area contributed by atoms with E-state index in [2.05, 4.69) is 9.71 Å². The fraction of sp³-hybridized carbons (Fsp3) is 0.188. The second kappa shape index (κ2) is 6.97. The summed E-state index contributed by atoms with van der Waals surface area (Å²) in [6.45, 7) is 2.13. The summed E-state index contributed by atoms with van der Waals surface area (Å²) in [5, 5.41) is 2.92. The molecule has 120 valence electrons. The van der Waals surface area contributed by atoms with E-state index >= 15 is 0 Å². The molecule has 0 radical (unpaired) electrons. The maximum Gasteiger partial charge on any atom is 0.354 e. The number of carbonyl (C=O) groups is 1. The third-order valence-corrected chi connectivity index (χ3v) is 5.05. The summed E-state index contributed by atoms with van der Waals surface area (Å²) in [6, 6.07) is 9.60. The van der Waals surface area contributed by atoms with Crippen LogP contribution in [0.15, 0.2) is 39.9 Å². The molecule has 0 aliphatic rings. The summed E-state index contributed by atoms with van der Waals surface area (Å²) < 4.78 is 14.9. The van der Waals surface area contributed by atoms with Crippen LogP contribution in [0.4, 0.5) is 5.69 Å². The molecule has 2 aromatic heterocycles. The molecule has 7 heteroatoms. The maximum absolute atomic E-state index is 11.9. The largest absolute Gasteiger partial charge is 0.497 e. The number of esters is 1. The van der Waals surface area contributed by atoms with Crippen molar-refractivity contribution in [3.05, 3.63) is 41.4 Å². The van der Waals surface area contributed by atoms with Crippen molar-refractivity contribution in [3.63, 3.8) is 0 Å². The Morgan fingerprint density at radius 3 is 2.96 bits per heavy atom. The van der Waals surface area contributed by atoms with Crippen LogP contribution in [-0.2, 0) is 4.74 Å². The summed E-state index contributed by atoms with van der Waals surface area (Å²) >= 11 is 3.18. The van der Waals surface area contributed by atoms with Crippen LogP contribution in [0.2, 0.25) is 0 Å². The Labute approximate surface area is 142 Å². The molecule has 0 saturated carbocycles. The second-order valence-electron chi connectivity index (χ2n) is 4.68. The summed E-state index contributed by atoms with van der Waals surface area (Å²) in [5.74, 6) is 0.362. The van der Waals surface area contributed by atoms with Crippen LogP contribution in [0, 0.1) is 0 Å². The molecule has 1 aromatic carbocycles. The molecule has 0 amide bonds. The van der Waals surface area contributed by atoms with Crippen LogP contribution in [0.5, 0.6) is 5.75 Å². The van der Waals surface area contributed by atoms with Gasteiger partial charge < -0.3 is 19.2 Å². The van der Waals surface area contributed by atoms with Crippen molar-refractivity contribution in [1.82, 2.24) is 4.98 Å². The topological polar surface area (TPSA) is 63.4 Å². The zero-order chi connectivity index (χ0) is 16.2. The lowest BCUT2D eigenvalue weighted by Crippen LogP contribution is -2.04. The molecule has 0 atom stereocenters. The van der Waals surface area contributed by atoms with Gasteiger partial charge in [-0.1, -0.05) is 6.07 Å². The zero-order valence-corrected chi connectivity index (χ0v) is 14.3. The highest BCUT2D eigenvalue weighted by atomic mass is 32.2. The summed E-state index contributed by atoms with van der Waals surface area (Å²) in [7, 11) is 1.62. The first-order valence-electron chi connectivity index (χ1n) is 7.05. The molecule has 0 bridgehead atoms. The molecule has 3 rings (SSSR count). The third kappa shape index (κ3) is 3.46. The van der Waals surface area contributed by atoms with Crippen LogP contribution in [0.25, 0.3) is 10.9 Å².